The first-order chi connectivity index (χ1) is 16.9. The summed E-state index contributed by atoms with van der Waals surface area (Å²) in [4.78, 5) is 38.6. The fraction of sp³-hybridized carbons (Fsp3) is 0.231. The zero-order valence-electron chi connectivity index (χ0n) is 19.6. The quantitative estimate of drug-likeness (QED) is 0.323. The van der Waals surface area contributed by atoms with Gasteiger partial charge in [0.2, 0.25) is 5.91 Å². The lowest BCUT2D eigenvalue weighted by atomic mass is 9.90. The monoisotopic (exact) mass is 510 g/mol. The Morgan fingerprint density at radius 2 is 1.40 bits per heavy atom. The second-order valence-corrected chi connectivity index (χ2v) is 8.83. The number of thiocarbonyl (C=S) groups is 1. The molecule has 2 N–H and O–H groups in total. The maximum absolute atomic E-state index is 13.3. The Hall–Kier alpha value is -3.56. The van der Waals surface area contributed by atoms with E-state index >= 15 is 0 Å². The predicted octanol–water partition coefficient (Wildman–Crippen LogP) is 5.06. The Kier molecular flexibility index (Phi) is 9.11. The highest BCUT2D eigenvalue weighted by Crippen LogP contribution is 2.34. The minimum atomic E-state index is -0.597. The molecule has 1 aromatic heterocycles. The summed E-state index contributed by atoms with van der Waals surface area (Å²) in [5.41, 5.74) is 2.22. The molecule has 0 radical (unpaired) electrons. The van der Waals surface area contributed by atoms with Crippen LogP contribution < -0.4 is 10.6 Å². The molecule has 35 heavy (non-hydrogen) atoms. The van der Waals surface area contributed by atoms with Crippen molar-refractivity contribution in [1.82, 2.24) is 5.32 Å². The van der Waals surface area contributed by atoms with E-state index < -0.39 is 17.9 Å². The van der Waals surface area contributed by atoms with Gasteiger partial charge in [-0.3, -0.25) is 4.79 Å². The largest absolute Gasteiger partial charge is 0.462 e. The summed E-state index contributed by atoms with van der Waals surface area (Å²) in [5, 5.41) is 5.92. The predicted molar refractivity (Wildman–Crippen MR) is 140 cm³/mol. The van der Waals surface area contributed by atoms with Crippen molar-refractivity contribution in [2.45, 2.75) is 26.7 Å². The van der Waals surface area contributed by atoms with Crippen molar-refractivity contribution in [3.8, 4) is 0 Å². The van der Waals surface area contributed by atoms with Gasteiger partial charge in [-0.1, -0.05) is 60.7 Å². The lowest BCUT2D eigenvalue weighted by molar-refractivity contribution is -0.120. The number of amides is 1. The first kappa shape index (κ1) is 26.1. The molecule has 0 saturated heterocycles. The molecular weight excluding hydrogens is 484 g/mol. The van der Waals surface area contributed by atoms with E-state index in [1.54, 1.807) is 20.8 Å². The molecule has 0 bridgehead atoms. The number of hydrogen-bond acceptors (Lipinski definition) is 7. The highest BCUT2D eigenvalue weighted by atomic mass is 32.1. The Bertz CT molecular complexity index is 1170. The number of anilines is 1. The summed E-state index contributed by atoms with van der Waals surface area (Å²) in [6, 6.07) is 18.7. The molecule has 0 spiro atoms. The van der Waals surface area contributed by atoms with Crippen LogP contribution in [0.3, 0.4) is 0 Å². The van der Waals surface area contributed by atoms with Crippen LogP contribution in [0, 0.1) is 6.92 Å². The van der Waals surface area contributed by atoms with E-state index in [1.807, 2.05) is 60.7 Å². The summed E-state index contributed by atoms with van der Waals surface area (Å²) < 4.78 is 10.3. The third-order valence-corrected chi connectivity index (χ3v) is 6.47. The van der Waals surface area contributed by atoms with Crippen molar-refractivity contribution in [2.24, 2.45) is 0 Å². The zero-order valence-corrected chi connectivity index (χ0v) is 21.3. The topological polar surface area (TPSA) is 93.7 Å². The maximum Gasteiger partial charge on any atom is 0.348 e. The normalized spacial score (nSPS) is 10.5. The summed E-state index contributed by atoms with van der Waals surface area (Å²) in [7, 11) is 0. The average molecular weight is 511 g/mol. The van der Waals surface area contributed by atoms with Gasteiger partial charge in [0.25, 0.3) is 0 Å². The van der Waals surface area contributed by atoms with Gasteiger partial charge < -0.3 is 20.1 Å². The zero-order chi connectivity index (χ0) is 25.4. The molecule has 1 amide bonds. The van der Waals surface area contributed by atoms with Crippen LogP contribution >= 0.6 is 23.6 Å². The minimum Gasteiger partial charge on any atom is -0.462 e. The molecule has 9 heteroatoms. The van der Waals surface area contributed by atoms with Crippen molar-refractivity contribution in [3.63, 3.8) is 0 Å². The third kappa shape index (κ3) is 6.32. The number of benzene rings is 2. The molecule has 0 unspecified atom stereocenters. The molecule has 3 aromatic rings. The number of carbonyl (C=O) groups excluding carboxylic acids is 3. The number of ether oxygens (including phenoxy) is 2. The van der Waals surface area contributed by atoms with E-state index in [0.29, 0.717) is 10.6 Å². The molecule has 0 atom stereocenters. The van der Waals surface area contributed by atoms with Crippen molar-refractivity contribution < 1.29 is 23.9 Å². The van der Waals surface area contributed by atoms with E-state index in [9.17, 15) is 14.4 Å². The van der Waals surface area contributed by atoms with E-state index in [0.717, 1.165) is 22.5 Å². The van der Waals surface area contributed by atoms with Crippen LogP contribution in [0.4, 0.5) is 5.00 Å². The number of carbonyl (C=O) groups is 3. The molecule has 2 aromatic carbocycles. The Balaban J connectivity index is 1.87. The molecule has 0 fully saturated rings. The third-order valence-electron chi connectivity index (χ3n) is 5.08. The molecule has 0 aliphatic rings. The lowest BCUT2D eigenvalue weighted by Gasteiger charge is -2.18. The van der Waals surface area contributed by atoms with E-state index in [2.05, 4.69) is 10.6 Å². The fourth-order valence-electron chi connectivity index (χ4n) is 3.55. The first-order valence-corrected chi connectivity index (χ1v) is 12.3. The minimum absolute atomic E-state index is 0.00549. The van der Waals surface area contributed by atoms with Gasteiger partial charge in [0, 0.05) is 0 Å². The van der Waals surface area contributed by atoms with Crippen LogP contribution in [-0.2, 0) is 14.3 Å². The van der Waals surface area contributed by atoms with Crippen molar-refractivity contribution in [2.75, 3.05) is 18.5 Å². The highest BCUT2D eigenvalue weighted by molar-refractivity contribution is 7.80. The average Bonchev–Trinajstić information content (AvgIpc) is 3.16. The Morgan fingerprint density at radius 1 is 0.886 bits per heavy atom. The lowest BCUT2D eigenvalue weighted by Crippen LogP contribution is -2.38. The summed E-state index contributed by atoms with van der Waals surface area (Å²) >= 11 is 6.43. The van der Waals surface area contributed by atoms with Crippen LogP contribution in [0.5, 0.6) is 0 Å². The number of hydrogen-bond donors (Lipinski definition) is 2. The molecule has 182 valence electrons. The van der Waals surface area contributed by atoms with Gasteiger partial charge in [0.1, 0.15) is 9.88 Å². The van der Waals surface area contributed by atoms with E-state index in [4.69, 9.17) is 21.7 Å². The second-order valence-electron chi connectivity index (χ2n) is 7.40. The van der Waals surface area contributed by atoms with Gasteiger partial charge in [0.05, 0.1) is 24.7 Å². The van der Waals surface area contributed by atoms with Crippen LogP contribution in [0.25, 0.3) is 0 Å². The standard InChI is InChI=1S/C26H26N2O5S2/c1-4-32-24(30)19-16(3)21(25(31)33-5-2)35-23(19)28-26(34)27-22(29)20(17-12-8-6-9-13-17)18-14-10-7-11-15-18/h6-15,20H,4-5H2,1-3H3,(H2,27,28,29,34). The number of esters is 2. The molecule has 1 heterocycles. The SMILES string of the molecule is CCOC(=O)c1sc(NC(=S)NC(=O)C(c2ccccc2)c2ccccc2)c(C(=O)OCC)c1C. The van der Waals surface area contributed by atoms with E-state index in [-0.39, 0.29) is 34.7 Å². The van der Waals surface area contributed by atoms with Crippen molar-refractivity contribution in [3.05, 3.63) is 87.8 Å². The molecule has 7 nitrogen and oxygen atoms in total. The van der Waals surface area contributed by atoms with Crippen molar-refractivity contribution in [1.29, 1.82) is 0 Å². The fourth-order valence-corrected chi connectivity index (χ4v) is 4.91. The summed E-state index contributed by atoms with van der Waals surface area (Å²) in [6.07, 6.45) is 0. The van der Waals surface area contributed by atoms with Gasteiger partial charge in [0.15, 0.2) is 5.11 Å². The van der Waals surface area contributed by atoms with Gasteiger partial charge >= 0.3 is 11.9 Å². The van der Waals surface area contributed by atoms with Crippen LogP contribution in [0.1, 0.15) is 56.5 Å². The van der Waals surface area contributed by atoms with Gasteiger partial charge in [-0.25, -0.2) is 9.59 Å². The van der Waals surface area contributed by atoms with Crippen molar-refractivity contribution >= 4 is 51.5 Å². The van der Waals surface area contributed by atoms with Crippen LogP contribution in [0.15, 0.2) is 60.7 Å². The molecular formula is C26H26N2O5S2. The Labute approximate surface area is 213 Å². The summed E-state index contributed by atoms with van der Waals surface area (Å²) in [5.74, 6) is -2.07. The molecule has 0 aliphatic heterocycles. The van der Waals surface area contributed by atoms with Crippen LogP contribution in [0.2, 0.25) is 0 Å². The number of nitrogens with one attached hydrogen (secondary N) is 2. The molecule has 0 aliphatic carbocycles. The molecule has 0 saturated carbocycles. The number of rotatable bonds is 8. The number of thiophene rings is 1. The van der Waals surface area contributed by atoms with Gasteiger partial charge in [-0.2, -0.15) is 0 Å². The van der Waals surface area contributed by atoms with Gasteiger partial charge in [-0.15, -0.1) is 11.3 Å². The molecule has 3 rings (SSSR count). The van der Waals surface area contributed by atoms with Crippen LogP contribution in [-0.4, -0.2) is 36.2 Å². The van der Waals surface area contributed by atoms with E-state index in [1.165, 1.54) is 0 Å². The highest BCUT2D eigenvalue weighted by Gasteiger charge is 2.28. The first-order valence-electron chi connectivity index (χ1n) is 11.1. The Morgan fingerprint density at radius 3 is 1.91 bits per heavy atom. The second kappa shape index (κ2) is 12.2. The van der Waals surface area contributed by atoms with Gasteiger partial charge in [-0.05, 0) is 49.7 Å². The smallest absolute Gasteiger partial charge is 0.348 e. The maximum atomic E-state index is 13.3. The summed E-state index contributed by atoms with van der Waals surface area (Å²) in [6.45, 7) is 5.40.